The van der Waals surface area contributed by atoms with Crippen molar-refractivity contribution >= 4 is 49.3 Å². The molecule has 1 aromatic carbocycles. The first kappa shape index (κ1) is 17.6. The highest BCUT2D eigenvalue weighted by atomic mass is 32.1. The Morgan fingerprint density at radius 1 is 1.07 bits per heavy atom. The maximum atomic E-state index is 11.4. The van der Waals surface area contributed by atoms with Gasteiger partial charge in [0.15, 0.2) is 27.0 Å². The molecule has 27 heavy (non-hydrogen) atoms. The SMILES string of the molecule is COC(=O)COc1cc(OC)cc2oc(-c3nc4sc(OC)nc4s3)cc12. The number of ether oxygens (including phenoxy) is 4. The lowest BCUT2D eigenvalue weighted by atomic mass is 10.2. The lowest BCUT2D eigenvalue weighted by Gasteiger charge is -2.07. The number of furan rings is 1. The largest absolute Gasteiger partial charge is 0.496 e. The van der Waals surface area contributed by atoms with E-state index < -0.39 is 5.97 Å². The van der Waals surface area contributed by atoms with Crippen LogP contribution in [0.3, 0.4) is 0 Å². The van der Waals surface area contributed by atoms with Gasteiger partial charge in [0.1, 0.15) is 17.1 Å². The smallest absolute Gasteiger partial charge is 0.343 e. The quantitative estimate of drug-likeness (QED) is 0.447. The molecule has 3 heterocycles. The van der Waals surface area contributed by atoms with Gasteiger partial charge in [-0.2, -0.15) is 4.98 Å². The van der Waals surface area contributed by atoms with Gasteiger partial charge in [-0.3, -0.25) is 0 Å². The van der Waals surface area contributed by atoms with Gasteiger partial charge in [-0.1, -0.05) is 22.7 Å². The number of rotatable bonds is 6. The van der Waals surface area contributed by atoms with Crippen molar-refractivity contribution in [3.05, 3.63) is 18.2 Å². The maximum Gasteiger partial charge on any atom is 0.343 e. The molecule has 0 radical (unpaired) electrons. The van der Waals surface area contributed by atoms with E-state index in [4.69, 9.17) is 18.6 Å². The second-order valence-corrected chi connectivity index (χ2v) is 7.24. The van der Waals surface area contributed by atoms with Crippen molar-refractivity contribution < 1.29 is 28.2 Å². The summed E-state index contributed by atoms with van der Waals surface area (Å²) in [5.74, 6) is 1.11. The summed E-state index contributed by atoms with van der Waals surface area (Å²) >= 11 is 2.78. The number of hydrogen-bond donors (Lipinski definition) is 0. The standard InChI is InChI=1S/C17H14N2O6S2/c1-21-8-4-10(24-7-13(20)22-2)9-6-12(25-11(9)5-8)14-18-15-16(26-14)19-17(23-3)27-15/h4-6H,7H2,1-3H3. The van der Waals surface area contributed by atoms with Crippen molar-refractivity contribution in [3.63, 3.8) is 0 Å². The van der Waals surface area contributed by atoms with Crippen LogP contribution in [0.2, 0.25) is 0 Å². The number of hydrogen-bond acceptors (Lipinski definition) is 10. The number of nitrogens with zero attached hydrogens (tertiary/aromatic N) is 2. The predicted molar refractivity (Wildman–Crippen MR) is 101 cm³/mol. The Kier molecular flexibility index (Phi) is 4.58. The molecule has 10 heteroatoms. The van der Waals surface area contributed by atoms with Gasteiger partial charge in [0.2, 0.25) is 0 Å². The van der Waals surface area contributed by atoms with Gasteiger partial charge in [0, 0.05) is 12.1 Å². The second kappa shape index (κ2) is 7.05. The highest BCUT2D eigenvalue weighted by Gasteiger charge is 2.18. The molecule has 3 aromatic heterocycles. The van der Waals surface area contributed by atoms with Crippen LogP contribution in [0.15, 0.2) is 22.6 Å². The van der Waals surface area contributed by atoms with E-state index in [2.05, 4.69) is 14.7 Å². The Labute approximate surface area is 161 Å². The fourth-order valence-corrected chi connectivity index (χ4v) is 4.24. The summed E-state index contributed by atoms with van der Waals surface area (Å²) in [5, 5.41) is 1.97. The van der Waals surface area contributed by atoms with Gasteiger partial charge >= 0.3 is 5.97 Å². The van der Waals surface area contributed by atoms with E-state index >= 15 is 0 Å². The molecule has 0 unspecified atom stereocenters. The van der Waals surface area contributed by atoms with Crippen LogP contribution in [-0.2, 0) is 9.53 Å². The first-order valence-corrected chi connectivity index (χ1v) is 9.37. The molecule has 0 spiro atoms. The van der Waals surface area contributed by atoms with Gasteiger partial charge in [-0.15, -0.1) is 0 Å². The zero-order chi connectivity index (χ0) is 19.0. The molecule has 0 N–H and O–H groups in total. The molecule has 0 saturated heterocycles. The summed E-state index contributed by atoms with van der Waals surface area (Å²) in [4.78, 5) is 21.9. The summed E-state index contributed by atoms with van der Waals surface area (Å²) in [6.07, 6.45) is 0. The molecule has 0 aliphatic heterocycles. The minimum atomic E-state index is -0.477. The second-order valence-electron chi connectivity index (χ2n) is 5.33. The Morgan fingerprint density at radius 2 is 1.89 bits per heavy atom. The minimum absolute atomic E-state index is 0.212. The van der Waals surface area contributed by atoms with Crippen LogP contribution in [-0.4, -0.2) is 43.9 Å². The number of thiazole rings is 2. The molecule has 4 aromatic rings. The van der Waals surface area contributed by atoms with Crippen LogP contribution < -0.4 is 14.2 Å². The third-order valence-electron chi connectivity index (χ3n) is 3.72. The Balaban J connectivity index is 1.74. The van der Waals surface area contributed by atoms with Crippen LogP contribution in [0.1, 0.15) is 0 Å². The van der Waals surface area contributed by atoms with E-state index in [1.165, 1.54) is 29.8 Å². The summed E-state index contributed by atoms with van der Waals surface area (Å²) in [6, 6.07) is 5.26. The summed E-state index contributed by atoms with van der Waals surface area (Å²) in [5.41, 5.74) is 0.563. The summed E-state index contributed by atoms with van der Waals surface area (Å²) in [6.45, 7) is -0.212. The predicted octanol–water partition coefficient (Wildman–Crippen LogP) is 3.74. The number of methoxy groups -OCH3 is 3. The van der Waals surface area contributed by atoms with Gasteiger partial charge in [0.25, 0.3) is 5.19 Å². The Hall–Kier alpha value is -2.85. The fourth-order valence-electron chi connectivity index (χ4n) is 2.44. The molecular formula is C17H14N2O6S2. The molecule has 0 atom stereocenters. The normalized spacial score (nSPS) is 11.1. The van der Waals surface area contributed by atoms with Crippen molar-refractivity contribution in [2.24, 2.45) is 0 Å². The first-order chi connectivity index (χ1) is 13.1. The molecular weight excluding hydrogens is 392 g/mol. The molecule has 140 valence electrons. The van der Waals surface area contributed by atoms with E-state index in [1.807, 2.05) is 6.07 Å². The zero-order valence-corrected chi connectivity index (χ0v) is 16.2. The maximum absolute atomic E-state index is 11.4. The Morgan fingerprint density at radius 3 is 2.59 bits per heavy atom. The number of carbonyl (C=O) groups excluding carboxylic acids is 1. The fraction of sp³-hybridized carbons (Fsp3) is 0.235. The monoisotopic (exact) mass is 406 g/mol. The molecule has 0 aliphatic carbocycles. The van der Waals surface area contributed by atoms with E-state index in [1.54, 1.807) is 26.4 Å². The minimum Gasteiger partial charge on any atom is -0.496 e. The average Bonchev–Trinajstić information content (AvgIpc) is 3.37. The first-order valence-electron chi connectivity index (χ1n) is 7.74. The Bertz CT molecular complexity index is 1100. The van der Waals surface area contributed by atoms with Crippen LogP contribution in [0.4, 0.5) is 0 Å². The van der Waals surface area contributed by atoms with Crippen molar-refractivity contribution in [3.8, 4) is 27.5 Å². The average molecular weight is 406 g/mol. The van der Waals surface area contributed by atoms with Crippen LogP contribution in [0.25, 0.3) is 31.4 Å². The van der Waals surface area contributed by atoms with Crippen LogP contribution >= 0.6 is 22.7 Å². The zero-order valence-electron chi connectivity index (χ0n) is 14.6. The van der Waals surface area contributed by atoms with Crippen molar-refractivity contribution in [1.82, 2.24) is 9.97 Å². The summed E-state index contributed by atoms with van der Waals surface area (Å²) in [7, 11) is 4.43. The number of aromatic nitrogens is 2. The van der Waals surface area contributed by atoms with Gasteiger partial charge in [0.05, 0.1) is 26.7 Å². The lowest BCUT2D eigenvalue weighted by Crippen LogP contribution is -2.12. The van der Waals surface area contributed by atoms with E-state index in [9.17, 15) is 4.79 Å². The van der Waals surface area contributed by atoms with E-state index in [0.29, 0.717) is 38.4 Å². The molecule has 4 rings (SSSR count). The number of benzene rings is 1. The van der Waals surface area contributed by atoms with Crippen LogP contribution in [0, 0.1) is 0 Å². The number of carbonyl (C=O) groups is 1. The van der Waals surface area contributed by atoms with E-state index in [-0.39, 0.29) is 6.61 Å². The molecule has 0 amide bonds. The third-order valence-corrected chi connectivity index (χ3v) is 5.73. The molecule has 8 nitrogen and oxygen atoms in total. The van der Waals surface area contributed by atoms with Gasteiger partial charge in [-0.05, 0) is 6.07 Å². The van der Waals surface area contributed by atoms with Gasteiger partial charge < -0.3 is 23.4 Å². The third kappa shape index (κ3) is 3.28. The lowest BCUT2D eigenvalue weighted by molar-refractivity contribution is -0.142. The van der Waals surface area contributed by atoms with Crippen molar-refractivity contribution in [2.45, 2.75) is 0 Å². The highest BCUT2D eigenvalue weighted by Crippen LogP contribution is 2.40. The molecule has 0 saturated carbocycles. The summed E-state index contributed by atoms with van der Waals surface area (Å²) < 4.78 is 26.5. The topological polar surface area (TPSA) is 92.9 Å². The molecule has 0 fully saturated rings. The highest BCUT2D eigenvalue weighted by molar-refractivity contribution is 7.28. The van der Waals surface area contributed by atoms with E-state index in [0.717, 1.165) is 9.66 Å². The number of esters is 1. The van der Waals surface area contributed by atoms with Crippen LogP contribution in [0.5, 0.6) is 16.7 Å². The van der Waals surface area contributed by atoms with Crippen molar-refractivity contribution in [2.75, 3.05) is 27.9 Å². The molecule has 0 aliphatic rings. The molecule has 0 bridgehead atoms. The van der Waals surface area contributed by atoms with Gasteiger partial charge in [-0.25, -0.2) is 9.78 Å². The number of fused-ring (bicyclic) bond motifs is 2. The van der Waals surface area contributed by atoms with Crippen molar-refractivity contribution in [1.29, 1.82) is 0 Å².